The summed E-state index contributed by atoms with van der Waals surface area (Å²) in [6.45, 7) is 3.11. The predicted octanol–water partition coefficient (Wildman–Crippen LogP) is 2.05. The van der Waals surface area contributed by atoms with Crippen molar-refractivity contribution >= 4 is 19.7 Å². The molecule has 0 unspecified atom stereocenters. The van der Waals surface area contributed by atoms with Crippen molar-refractivity contribution in [2.24, 2.45) is 0 Å². The van der Waals surface area contributed by atoms with Gasteiger partial charge in [-0.3, -0.25) is 0 Å². The molecule has 5 nitrogen and oxygen atoms in total. The highest BCUT2D eigenvalue weighted by molar-refractivity contribution is 8.13. The van der Waals surface area contributed by atoms with Crippen LogP contribution in [-0.2, 0) is 13.8 Å². The van der Waals surface area contributed by atoms with Crippen molar-refractivity contribution in [1.82, 2.24) is 0 Å². The summed E-state index contributed by atoms with van der Waals surface area (Å²) in [5.74, 6) is 1.11. The minimum Gasteiger partial charge on any atom is -0.490 e. The van der Waals surface area contributed by atoms with Gasteiger partial charge in [-0.1, -0.05) is 12.1 Å². The van der Waals surface area contributed by atoms with Gasteiger partial charge in [-0.05, 0) is 19.1 Å². The van der Waals surface area contributed by atoms with Crippen molar-refractivity contribution in [3.63, 3.8) is 0 Å². The largest absolute Gasteiger partial charge is 0.490 e. The van der Waals surface area contributed by atoms with Gasteiger partial charge in [-0.25, -0.2) is 8.42 Å². The maximum atomic E-state index is 10.6. The molecular weight excluding hydrogens is 292 g/mol. The Labute approximate surface area is 117 Å². The molecule has 0 spiro atoms. The van der Waals surface area contributed by atoms with Gasteiger partial charge in [0.1, 0.15) is 6.61 Å². The molecule has 0 aromatic heterocycles. The first kappa shape index (κ1) is 16.1. The van der Waals surface area contributed by atoms with Crippen LogP contribution in [0, 0.1) is 0 Å². The lowest BCUT2D eigenvalue weighted by Crippen LogP contribution is -2.12. The number of para-hydroxylation sites is 2. The number of rotatable bonds is 9. The van der Waals surface area contributed by atoms with Crippen molar-refractivity contribution in [3.8, 4) is 11.5 Å². The predicted molar refractivity (Wildman–Crippen MR) is 73.6 cm³/mol. The minimum absolute atomic E-state index is 0.0578. The smallest absolute Gasteiger partial charge is 0.234 e. The van der Waals surface area contributed by atoms with E-state index in [9.17, 15) is 8.42 Å². The van der Waals surface area contributed by atoms with Crippen molar-refractivity contribution in [1.29, 1.82) is 0 Å². The van der Waals surface area contributed by atoms with Crippen LogP contribution < -0.4 is 9.47 Å². The molecule has 1 rings (SSSR count). The molecule has 1 aromatic rings. The molecule has 0 saturated carbocycles. The normalized spacial score (nSPS) is 11.3. The maximum absolute atomic E-state index is 10.6. The summed E-state index contributed by atoms with van der Waals surface area (Å²) in [7, 11) is 1.55. The lowest BCUT2D eigenvalue weighted by molar-refractivity contribution is 0.110. The van der Waals surface area contributed by atoms with Crippen LogP contribution in [-0.4, -0.2) is 40.6 Å². The highest BCUT2D eigenvalue weighted by Crippen LogP contribution is 2.26. The third kappa shape index (κ3) is 7.25. The minimum atomic E-state index is -3.49. The first-order chi connectivity index (χ1) is 9.03. The number of ether oxygens (including phenoxy) is 3. The van der Waals surface area contributed by atoms with Crippen LogP contribution in [0.25, 0.3) is 0 Å². The molecule has 0 atom stereocenters. The summed E-state index contributed by atoms with van der Waals surface area (Å²) >= 11 is 0. The molecule has 0 heterocycles. The Balaban J connectivity index is 2.26. The molecule has 0 aliphatic rings. The van der Waals surface area contributed by atoms with Gasteiger partial charge in [0.15, 0.2) is 11.5 Å². The van der Waals surface area contributed by atoms with Gasteiger partial charge in [0.2, 0.25) is 9.05 Å². The molecule has 108 valence electrons. The molecule has 0 N–H and O–H groups in total. The van der Waals surface area contributed by atoms with Crippen molar-refractivity contribution in [2.45, 2.75) is 6.92 Å². The maximum Gasteiger partial charge on any atom is 0.234 e. The van der Waals surface area contributed by atoms with Gasteiger partial charge in [0, 0.05) is 10.7 Å². The molecule has 0 aliphatic carbocycles. The van der Waals surface area contributed by atoms with Crippen molar-refractivity contribution in [3.05, 3.63) is 24.3 Å². The van der Waals surface area contributed by atoms with E-state index in [0.717, 1.165) is 0 Å². The van der Waals surface area contributed by atoms with Crippen LogP contribution >= 0.6 is 10.7 Å². The number of halogens is 1. The monoisotopic (exact) mass is 308 g/mol. The van der Waals surface area contributed by atoms with Gasteiger partial charge in [0.25, 0.3) is 0 Å². The van der Waals surface area contributed by atoms with Gasteiger partial charge >= 0.3 is 0 Å². The van der Waals surface area contributed by atoms with E-state index in [-0.39, 0.29) is 19.0 Å². The fourth-order valence-electron chi connectivity index (χ4n) is 1.32. The van der Waals surface area contributed by atoms with Crippen LogP contribution in [0.15, 0.2) is 24.3 Å². The zero-order valence-corrected chi connectivity index (χ0v) is 12.2. The molecule has 19 heavy (non-hydrogen) atoms. The quantitative estimate of drug-likeness (QED) is 0.516. The summed E-state index contributed by atoms with van der Waals surface area (Å²) in [5, 5.41) is 0. The highest BCUT2D eigenvalue weighted by atomic mass is 35.7. The third-order valence-electron chi connectivity index (χ3n) is 2.11. The van der Waals surface area contributed by atoms with Gasteiger partial charge in [-0.15, -0.1) is 0 Å². The molecule has 7 heteroatoms. The standard InChI is InChI=1S/C12H17ClO5S/c1-2-17-11-5-3-4-6-12(11)18-8-7-16-9-10-19(13,14)15/h3-6H,2,7-10H2,1H3. The number of hydrogen-bond acceptors (Lipinski definition) is 5. The second-order valence-corrected chi connectivity index (χ2v) is 6.48. The van der Waals surface area contributed by atoms with Crippen LogP contribution in [0.4, 0.5) is 0 Å². The second kappa shape index (κ2) is 8.24. The molecular formula is C12H17ClO5S. The van der Waals surface area contributed by atoms with E-state index in [1.54, 1.807) is 6.07 Å². The van der Waals surface area contributed by atoms with E-state index < -0.39 is 9.05 Å². The Morgan fingerprint density at radius 2 is 1.68 bits per heavy atom. The first-order valence-electron chi connectivity index (χ1n) is 5.87. The molecule has 0 radical (unpaired) electrons. The van der Waals surface area contributed by atoms with E-state index in [0.29, 0.717) is 24.7 Å². The lowest BCUT2D eigenvalue weighted by Gasteiger charge is -2.11. The Hall–Kier alpha value is -0.980. The molecule has 0 amide bonds. The lowest BCUT2D eigenvalue weighted by atomic mass is 10.3. The average molecular weight is 309 g/mol. The average Bonchev–Trinajstić information content (AvgIpc) is 2.34. The van der Waals surface area contributed by atoms with Crippen LogP contribution in [0.3, 0.4) is 0 Å². The van der Waals surface area contributed by atoms with E-state index in [1.807, 2.05) is 25.1 Å². The Morgan fingerprint density at radius 1 is 1.05 bits per heavy atom. The van der Waals surface area contributed by atoms with E-state index >= 15 is 0 Å². The van der Waals surface area contributed by atoms with Crippen LogP contribution in [0.2, 0.25) is 0 Å². The second-order valence-electron chi connectivity index (χ2n) is 3.58. The fourth-order valence-corrected chi connectivity index (χ4v) is 1.82. The molecule has 0 bridgehead atoms. The summed E-state index contributed by atoms with van der Waals surface area (Å²) in [5.41, 5.74) is 0. The van der Waals surface area contributed by atoms with E-state index in [1.165, 1.54) is 0 Å². The zero-order chi connectivity index (χ0) is 14.1. The van der Waals surface area contributed by atoms with E-state index in [4.69, 9.17) is 24.9 Å². The summed E-state index contributed by atoms with van der Waals surface area (Å²) < 4.78 is 37.3. The van der Waals surface area contributed by atoms with Crippen molar-refractivity contribution in [2.75, 3.05) is 32.2 Å². The van der Waals surface area contributed by atoms with Gasteiger partial charge in [-0.2, -0.15) is 0 Å². The Morgan fingerprint density at radius 3 is 2.26 bits per heavy atom. The topological polar surface area (TPSA) is 61.8 Å². The Bertz CT molecular complexity index is 475. The fraction of sp³-hybridized carbons (Fsp3) is 0.500. The third-order valence-corrected chi connectivity index (χ3v) is 3.22. The zero-order valence-electron chi connectivity index (χ0n) is 10.7. The SMILES string of the molecule is CCOc1ccccc1OCCOCCS(=O)(=O)Cl. The number of hydrogen-bond donors (Lipinski definition) is 0. The molecule has 0 fully saturated rings. The van der Waals surface area contributed by atoms with Crippen LogP contribution in [0.1, 0.15) is 6.92 Å². The van der Waals surface area contributed by atoms with E-state index in [2.05, 4.69) is 0 Å². The first-order valence-corrected chi connectivity index (χ1v) is 8.35. The summed E-state index contributed by atoms with van der Waals surface area (Å²) in [4.78, 5) is 0. The Kier molecular flexibility index (Phi) is 6.97. The number of benzene rings is 1. The summed E-state index contributed by atoms with van der Waals surface area (Å²) in [6, 6.07) is 7.33. The van der Waals surface area contributed by atoms with Gasteiger partial charge in [0.05, 0.1) is 25.6 Å². The summed E-state index contributed by atoms with van der Waals surface area (Å²) in [6.07, 6.45) is 0. The van der Waals surface area contributed by atoms with Gasteiger partial charge < -0.3 is 14.2 Å². The molecule has 1 aromatic carbocycles. The van der Waals surface area contributed by atoms with Crippen molar-refractivity contribution < 1.29 is 22.6 Å². The highest BCUT2D eigenvalue weighted by Gasteiger charge is 2.05. The van der Waals surface area contributed by atoms with Crippen LogP contribution in [0.5, 0.6) is 11.5 Å². The molecule has 0 aliphatic heterocycles. The molecule has 0 saturated heterocycles.